The Morgan fingerprint density at radius 1 is 0.514 bits per heavy atom. The van der Waals surface area contributed by atoms with Crippen LogP contribution < -0.4 is 0 Å². The Balaban J connectivity index is 1.66. The second-order valence-corrected chi connectivity index (χ2v) is 9.59. The minimum Gasteiger partial charge on any atom is -0.308 e. The van der Waals surface area contributed by atoms with Crippen LogP contribution in [0.3, 0.4) is 0 Å². The number of nitriles is 1. The van der Waals surface area contributed by atoms with E-state index in [9.17, 15) is 5.26 Å². The van der Waals surface area contributed by atoms with E-state index in [1.165, 1.54) is 21.5 Å². The van der Waals surface area contributed by atoms with Crippen LogP contribution in [0.4, 0.5) is 0 Å². The zero-order chi connectivity index (χ0) is 23.5. The molecule has 0 saturated heterocycles. The average molecular weight is 512 g/mol. The molecule has 164 valence electrons. The van der Waals surface area contributed by atoms with E-state index in [0.717, 1.165) is 37.9 Å². The third-order valence-electron chi connectivity index (χ3n) is 6.82. The molecule has 0 bridgehead atoms. The van der Waals surface area contributed by atoms with Gasteiger partial charge in [0.2, 0.25) is 0 Å². The van der Waals surface area contributed by atoms with E-state index < -0.39 is 0 Å². The van der Waals surface area contributed by atoms with Crippen molar-refractivity contribution in [3.63, 3.8) is 0 Å². The van der Waals surface area contributed by atoms with Crippen molar-refractivity contribution in [1.29, 1.82) is 5.26 Å². The number of para-hydroxylation sites is 4. The molecule has 4 heteroatoms. The smallest absolute Gasteiger partial charge is 0.104 e. The maximum absolute atomic E-state index is 10.6. The van der Waals surface area contributed by atoms with E-state index in [4.69, 9.17) is 0 Å². The summed E-state index contributed by atoms with van der Waals surface area (Å²) in [5.41, 5.74) is 6.67. The van der Waals surface area contributed by atoms with Gasteiger partial charge in [0.25, 0.3) is 0 Å². The number of hydrogen-bond donors (Lipinski definition) is 0. The molecule has 0 aliphatic carbocycles. The van der Waals surface area contributed by atoms with E-state index >= 15 is 0 Å². The molecule has 0 aliphatic heterocycles. The van der Waals surface area contributed by atoms with Crippen LogP contribution in [0.5, 0.6) is 0 Å². The maximum Gasteiger partial charge on any atom is 0.104 e. The maximum atomic E-state index is 10.6. The van der Waals surface area contributed by atoms with Crippen LogP contribution in [0.1, 0.15) is 5.56 Å². The van der Waals surface area contributed by atoms with Crippen molar-refractivity contribution in [3.05, 3.63) is 119 Å². The van der Waals surface area contributed by atoms with Crippen molar-refractivity contribution in [2.24, 2.45) is 0 Å². The van der Waals surface area contributed by atoms with Gasteiger partial charge in [-0.2, -0.15) is 5.26 Å². The molecule has 0 atom stereocenters. The lowest BCUT2D eigenvalue weighted by Crippen LogP contribution is -2.04. The molecule has 3 nitrogen and oxygen atoms in total. The number of fused-ring (bicyclic) bond motifs is 6. The zero-order valence-electron chi connectivity index (χ0n) is 18.6. The predicted molar refractivity (Wildman–Crippen MR) is 148 cm³/mol. The summed E-state index contributed by atoms with van der Waals surface area (Å²) < 4.78 is 5.35. The lowest BCUT2D eigenvalue weighted by atomic mass is 10.1. The second-order valence-electron chi connectivity index (χ2n) is 8.67. The number of rotatable bonds is 2. The van der Waals surface area contributed by atoms with Gasteiger partial charge in [-0.3, -0.25) is 0 Å². The van der Waals surface area contributed by atoms with Gasteiger partial charge in [-0.05, 0) is 36.4 Å². The average Bonchev–Trinajstić information content (AvgIpc) is 3.41. The molecule has 7 rings (SSSR count). The molecule has 0 saturated carbocycles. The number of benzene rings is 5. The van der Waals surface area contributed by atoms with Crippen molar-refractivity contribution in [2.45, 2.75) is 0 Å². The molecular weight excluding hydrogens is 494 g/mol. The van der Waals surface area contributed by atoms with Crippen LogP contribution in [-0.4, -0.2) is 9.13 Å². The monoisotopic (exact) mass is 511 g/mol. The molecule has 35 heavy (non-hydrogen) atoms. The summed E-state index contributed by atoms with van der Waals surface area (Å²) in [5, 5.41) is 15.3. The van der Waals surface area contributed by atoms with Crippen LogP contribution in [-0.2, 0) is 0 Å². The lowest BCUT2D eigenvalue weighted by molar-refractivity contribution is 1.11. The fraction of sp³-hybridized carbons (Fsp3) is 0. The molecule has 7 aromatic rings. The van der Waals surface area contributed by atoms with Crippen molar-refractivity contribution in [3.8, 4) is 17.4 Å². The standard InChI is InChI=1S/C31H18BrN3/c32-20-17-30(34-26-13-5-1-9-21(26)22-10-2-6-14-27(22)34)25(19-33)31(18-20)35-28-15-7-3-11-23(28)24-12-4-8-16-29(24)35/h1-18H. The number of hydrogen-bond acceptors (Lipinski definition) is 1. The second kappa shape index (κ2) is 7.59. The summed E-state index contributed by atoms with van der Waals surface area (Å²) in [6.07, 6.45) is 0. The highest BCUT2D eigenvalue weighted by Crippen LogP contribution is 2.38. The van der Waals surface area contributed by atoms with Crippen LogP contribution >= 0.6 is 15.9 Å². The summed E-state index contributed by atoms with van der Waals surface area (Å²) >= 11 is 3.77. The first-order valence-corrected chi connectivity index (χ1v) is 12.3. The minimum atomic E-state index is 0.631. The summed E-state index contributed by atoms with van der Waals surface area (Å²) in [7, 11) is 0. The first-order valence-electron chi connectivity index (χ1n) is 11.5. The quantitative estimate of drug-likeness (QED) is 0.229. The highest BCUT2D eigenvalue weighted by atomic mass is 79.9. The lowest BCUT2D eigenvalue weighted by Gasteiger charge is -2.16. The molecule has 2 aromatic heterocycles. The molecule has 0 radical (unpaired) electrons. The Morgan fingerprint density at radius 3 is 1.14 bits per heavy atom. The van der Waals surface area contributed by atoms with Crippen LogP contribution in [0.2, 0.25) is 0 Å². The Bertz CT molecular complexity index is 1740. The summed E-state index contributed by atoms with van der Waals surface area (Å²) in [5.74, 6) is 0. The number of halogens is 1. The molecule has 0 aliphatic rings. The van der Waals surface area contributed by atoms with E-state index in [0.29, 0.717) is 5.56 Å². The van der Waals surface area contributed by atoms with Gasteiger partial charge in [-0.1, -0.05) is 88.7 Å². The van der Waals surface area contributed by atoms with E-state index in [1.807, 2.05) is 0 Å². The Labute approximate surface area is 210 Å². The van der Waals surface area contributed by atoms with Gasteiger partial charge in [0, 0.05) is 26.0 Å². The largest absolute Gasteiger partial charge is 0.308 e. The molecule has 0 fully saturated rings. The van der Waals surface area contributed by atoms with Crippen LogP contribution in [0.25, 0.3) is 55.0 Å². The van der Waals surface area contributed by atoms with Gasteiger partial charge in [-0.25, -0.2) is 0 Å². The molecule has 0 N–H and O–H groups in total. The molecule has 0 unspecified atom stereocenters. The van der Waals surface area contributed by atoms with Gasteiger partial charge in [0.1, 0.15) is 11.6 Å². The molecule has 2 heterocycles. The van der Waals surface area contributed by atoms with Gasteiger partial charge in [0.05, 0.1) is 33.4 Å². The normalized spacial score (nSPS) is 11.5. The molecular formula is C31H18BrN3. The van der Waals surface area contributed by atoms with Crippen molar-refractivity contribution in [1.82, 2.24) is 9.13 Å². The fourth-order valence-electron chi connectivity index (χ4n) is 5.41. The van der Waals surface area contributed by atoms with E-state index in [1.54, 1.807) is 0 Å². The zero-order valence-corrected chi connectivity index (χ0v) is 20.2. The fourth-order valence-corrected chi connectivity index (χ4v) is 5.84. The highest BCUT2D eigenvalue weighted by molar-refractivity contribution is 9.10. The van der Waals surface area contributed by atoms with Crippen molar-refractivity contribution in [2.75, 3.05) is 0 Å². The van der Waals surface area contributed by atoms with Crippen LogP contribution in [0, 0.1) is 11.3 Å². The van der Waals surface area contributed by atoms with Crippen molar-refractivity contribution >= 4 is 59.5 Å². The molecule has 0 amide bonds. The first-order chi connectivity index (χ1) is 17.3. The predicted octanol–water partition coefficient (Wildman–Crippen LogP) is 8.51. The number of aromatic nitrogens is 2. The first kappa shape index (κ1) is 20.1. The van der Waals surface area contributed by atoms with Gasteiger partial charge >= 0.3 is 0 Å². The molecule has 5 aromatic carbocycles. The van der Waals surface area contributed by atoms with Gasteiger partial charge < -0.3 is 9.13 Å². The highest BCUT2D eigenvalue weighted by Gasteiger charge is 2.21. The Hall–Kier alpha value is -4.33. The third kappa shape index (κ3) is 2.83. The minimum absolute atomic E-state index is 0.631. The van der Waals surface area contributed by atoms with Crippen LogP contribution in [0.15, 0.2) is 114 Å². The Kier molecular flexibility index (Phi) is 4.36. The Morgan fingerprint density at radius 2 is 0.829 bits per heavy atom. The van der Waals surface area contributed by atoms with Gasteiger partial charge in [0.15, 0.2) is 0 Å². The summed E-state index contributed by atoms with van der Waals surface area (Å²) in [4.78, 5) is 0. The van der Waals surface area contributed by atoms with Crippen molar-refractivity contribution < 1.29 is 0 Å². The topological polar surface area (TPSA) is 33.6 Å². The van der Waals surface area contributed by atoms with E-state index in [-0.39, 0.29) is 0 Å². The SMILES string of the molecule is N#Cc1c(-n2c3ccccc3c3ccccc32)cc(Br)cc1-n1c2ccccc2c2ccccc21. The third-order valence-corrected chi connectivity index (χ3v) is 7.27. The van der Waals surface area contributed by atoms with E-state index in [2.05, 4.69) is 140 Å². The summed E-state index contributed by atoms with van der Waals surface area (Å²) in [6, 6.07) is 40.2. The van der Waals surface area contributed by atoms with Gasteiger partial charge in [-0.15, -0.1) is 0 Å². The molecule has 0 spiro atoms. The number of nitrogens with zero attached hydrogens (tertiary/aromatic N) is 3. The summed E-state index contributed by atoms with van der Waals surface area (Å²) in [6.45, 7) is 0.